The van der Waals surface area contributed by atoms with E-state index in [1.54, 1.807) is 25.0 Å². The Morgan fingerprint density at radius 3 is 1.98 bits per heavy atom. The van der Waals surface area contributed by atoms with Crippen LogP contribution in [0.5, 0.6) is 0 Å². The summed E-state index contributed by atoms with van der Waals surface area (Å²) in [5.41, 5.74) is 9.81. The average molecular weight is 859 g/mol. The third-order valence-electron chi connectivity index (χ3n) is 11.4. The minimum absolute atomic E-state index is 0.177. The zero-order valence-corrected chi connectivity index (χ0v) is 35.3. The van der Waals surface area contributed by atoms with E-state index in [1.165, 1.54) is 57.5 Å². The van der Waals surface area contributed by atoms with Crippen LogP contribution in [-0.2, 0) is 17.6 Å². The van der Waals surface area contributed by atoms with E-state index < -0.39 is 11.6 Å². The third kappa shape index (κ3) is 7.96. The molecule has 17 heteroatoms. The highest BCUT2D eigenvalue weighted by Crippen LogP contribution is 2.30. The summed E-state index contributed by atoms with van der Waals surface area (Å²) in [7, 11) is 0. The van der Waals surface area contributed by atoms with Crippen molar-refractivity contribution in [2.24, 2.45) is 0 Å². The van der Waals surface area contributed by atoms with Crippen molar-refractivity contribution in [1.82, 2.24) is 59.0 Å². The van der Waals surface area contributed by atoms with Gasteiger partial charge in [0.15, 0.2) is 34.6 Å². The van der Waals surface area contributed by atoms with E-state index in [0.29, 0.717) is 83.0 Å². The van der Waals surface area contributed by atoms with Gasteiger partial charge in [0.1, 0.15) is 22.7 Å². The topological polar surface area (TPSA) is 178 Å². The maximum absolute atomic E-state index is 13.8. The normalized spacial score (nSPS) is 12.9. The zero-order chi connectivity index (χ0) is 43.7. The van der Waals surface area contributed by atoms with Gasteiger partial charge in [-0.05, 0) is 68.5 Å². The minimum Gasteiger partial charge on any atom is -0.377 e. The third-order valence-corrected chi connectivity index (χ3v) is 11.4. The molecule has 1 saturated heterocycles. The van der Waals surface area contributed by atoms with Crippen LogP contribution in [0.15, 0.2) is 104 Å². The number of anilines is 2. The number of halogens is 2. The molecule has 1 aliphatic heterocycles. The van der Waals surface area contributed by atoms with Crippen LogP contribution in [0.1, 0.15) is 42.6 Å². The van der Waals surface area contributed by atoms with Gasteiger partial charge in [-0.1, -0.05) is 36.4 Å². The van der Waals surface area contributed by atoms with Crippen LogP contribution in [0.25, 0.3) is 66.9 Å². The number of pyridine rings is 2. The van der Waals surface area contributed by atoms with Crippen LogP contribution < -0.4 is 10.6 Å². The fourth-order valence-corrected chi connectivity index (χ4v) is 7.98. The highest BCUT2D eigenvalue weighted by Gasteiger charge is 2.25. The summed E-state index contributed by atoms with van der Waals surface area (Å²) >= 11 is 0. The number of hydrogen-bond acceptors (Lipinski definition) is 11. The van der Waals surface area contributed by atoms with Crippen molar-refractivity contribution in [2.75, 3.05) is 36.9 Å². The Kier molecular flexibility index (Phi) is 10.9. The van der Waals surface area contributed by atoms with Gasteiger partial charge in [0, 0.05) is 76.9 Å². The van der Waals surface area contributed by atoms with Gasteiger partial charge in [-0.15, -0.1) is 0 Å². The standard InChI is InChI=1S/C24H24FN7.C23H20FN7O/c1-14(2)32-13-29-21-23(30-22(31-24(21)32)17-9-18(25)12-26-10-17)27-8-7-16-11-28-20-15(3)5-4-6-19(16)20;24-16-7-15(8-25-10-16)21-29-22(20-23(30-21)31(13-28-20)17-11-32-12-17)26-6-5-14-9-27-19-4-2-1-3-18(14)19/h4-6,9-14,28H,7-8H2,1-3H3,(H,27,30,31);1-4,7-10,13,17,27H,5-6,11-12H2,(H,26,29,30). The maximum Gasteiger partial charge on any atom is 0.166 e. The number of H-pyrrole nitrogens is 2. The van der Waals surface area contributed by atoms with Crippen molar-refractivity contribution in [3.63, 3.8) is 0 Å². The Bertz CT molecular complexity index is 3280. The van der Waals surface area contributed by atoms with Crippen molar-refractivity contribution in [2.45, 2.75) is 45.7 Å². The molecule has 0 aliphatic carbocycles. The molecule has 15 nitrogen and oxygen atoms in total. The lowest BCUT2D eigenvalue weighted by molar-refractivity contribution is -0.0218. The van der Waals surface area contributed by atoms with Crippen LogP contribution in [0.3, 0.4) is 0 Å². The van der Waals surface area contributed by atoms with Crippen molar-refractivity contribution in [3.05, 3.63) is 133 Å². The number of fused-ring (bicyclic) bond motifs is 4. The smallest absolute Gasteiger partial charge is 0.166 e. The molecule has 0 saturated carbocycles. The van der Waals surface area contributed by atoms with Crippen LogP contribution in [-0.4, -0.2) is 85.3 Å². The van der Waals surface area contributed by atoms with Gasteiger partial charge in [-0.25, -0.2) is 38.7 Å². The van der Waals surface area contributed by atoms with Gasteiger partial charge >= 0.3 is 0 Å². The molecule has 1 fully saturated rings. The minimum atomic E-state index is -0.430. The number of aromatic amines is 2. The number of aryl methyl sites for hydroxylation is 1. The van der Waals surface area contributed by atoms with Gasteiger partial charge in [0.25, 0.3) is 0 Å². The van der Waals surface area contributed by atoms with E-state index in [2.05, 4.69) is 113 Å². The van der Waals surface area contributed by atoms with Crippen LogP contribution in [0, 0.1) is 18.6 Å². The Labute approximate surface area is 365 Å². The van der Waals surface area contributed by atoms with E-state index in [1.807, 2.05) is 27.5 Å². The lowest BCUT2D eigenvalue weighted by Crippen LogP contribution is -2.30. The van der Waals surface area contributed by atoms with Crippen LogP contribution >= 0.6 is 0 Å². The lowest BCUT2D eigenvalue weighted by Gasteiger charge is -2.27. The van der Waals surface area contributed by atoms with Gasteiger partial charge in [0.2, 0.25) is 0 Å². The average Bonchev–Trinajstić information content (AvgIpc) is 4.10. The first-order valence-electron chi connectivity index (χ1n) is 21.1. The number of nitrogens with one attached hydrogen (secondary N) is 4. The molecule has 0 amide bonds. The molecule has 2 aromatic carbocycles. The largest absolute Gasteiger partial charge is 0.377 e. The van der Waals surface area contributed by atoms with Crippen LogP contribution in [0.2, 0.25) is 0 Å². The number of para-hydroxylation sites is 2. The van der Waals surface area contributed by atoms with Crippen molar-refractivity contribution in [3.8, 4) is 22.8 Å². The molecule has 10 aromatic rings. The second kappa shape index (κ2) is 17.2. The highest BCUT2D eigenvalue weighted by molar-refractivity contribution is 5.88. The molecular weight excluding hydrogens is 815 g/mol. The molecule has 0 spiro atoms. The Morgan fingerprint density at radius 1 is 0.719 bits per heavy atom. The maximum atomic E-state index is 13.8. The molecule has 322 valence electrons. The summed E-state index contributed by atoms with van der Waals surface area (Å²) in [6, 6.07) is 17.7. The summed E-state index contributed by atoms with van der Waals surface area (Å²) in [4.78, 5) is 42.4. The lowest BCUT2D eigenvalue weighted by atomic mass is 10.1. The van der Waals surface area contributed by atoms with E-state index in [0.717, 1.165) is 18.4 Å². The quantitative estimate of drug-likeness (QED) is 0.0923. The number of ether oxygens (including phenoxy) is 1. The molecular formula is C47H44F2N14O. The Morgan fingerprint density at radius 2 is 1.33 bits per heavy atom. The second-order valence-corrected chi connectivity index (χ2v) is 16.0. The predicted octanol–water partition coefficient (Wildman–Crippen LogP) is 8.79. The van der Waals surface area contributed by atoms with Crippen molar-refractivity contribution in [1.29, 1.82) is 0 Å². The first-order valence-corrected chi connectivity index (χ1v) is 21.1. The van der Waals surface area contributed by atoms with Gasteiger partial charge in [-0.2, -0.15) is 0 Å². The molecule has 8 aromatic heterocycles. The highest BCUT2D eigenvalue weighted by atomic mass is 19.1. The Hall–Kier alpha value is -7.66. The van der Waals surface area contributed by atoms with E-state index in [-0.39, 0.29) is 12.1 Å². The summed E-state index contributed by atoms with van der Waals surface area (Å²) in [5.74, 6) is 1.21. The molecule has 1 aliphatic rings. The molecule has 0 radical (unpaired) electrons. The molecule has 64 heavy (non-hydrogen) atoms. The first kappa shape index (κ1) is 40.4. The number of imidazole rings is 2. The molecule has 4 N–H and O–H groups in total. The second-order valence-electron chi connectivity index (χ2n) is 16.0. The monoisotopic (exact) mass is 858 g/mol. The number of rotatable bonds is 12. The molecule has 0 unspecified atom stereocenters. The molecule has 11 rings (SSSR count). The van der Waals surface area contributed by atoms with Crippen molar-refractivity contribution >= 4 is 55.8 Å². The molecule has 0 atom stereocenters. The Balaban J connectivity index is 0.000000151. The summed E-state index contributed by atoms with van der Waals surface area (Å²) < 4.78 is 36.9. The van der Waals surface area contributed by atoms with E-state index >= 15 is 0 Å². The van der Waals surface area contributed by atoms with E-state index in [4.69, 9.17) is 9.72 Å². The summed E-state index contributed by atoms with van der Waals surface area (Å²) in [6.45, 7) is 8.81. The predicted molar refractivity (Wildman–Crippen MR) is 243 cm³/mol. The first-order chi connectivity index (χ1) is 31.3. The summed E-state index contributed by atoms with van der Waals surface area (Å²) in [6.07, 6.45) is 14.7. The fourth-order valence-electron chi connectivity index (χ4n) is 7.98. The summed E-state index contributed by atoms with van der Waals surface area (Å²) in [5, 5.41) is 9.29. The molecule has 0 bridgehead atoms. The van der Waals surface area contributed by atoms with Gasteiger partial charge in [0.05, 0.1) is 44.3 Å². The SMILES string of the molecule is Cc1cccc2c(CCNc3nc(-c4cncc(F)c4)nc4c3ncn4C(C)C)c[nH]c12.Fc1cncc(-c2nc(NCCc3c[nH]c4ccccc34)c3ncn(C4COC4)c3n2)c1. The molecule has 9 heterocycles. The number of benzene rings is 2. The number of nitrogens with zero attached hydrogens (tertiary/aromatic N) is 10. The fraction of sp³-hybridized carbons (Fsp3) is 0.234. The zero-order valence-electron chi connectivity index (χ0n) is 35.3. The number of aromatic nitrogens is 12. The van der Waals surface area contributed by atoms with Gasteiger partial charge in [-0.3, -0.25) is 9.97 Å². The van der Waals surface area contributed by atoms with Crippen LogP contribution in [0.4, 0.5) is 20.4 Å². The number of hydrogen-bond donors (Lipinski definition) is 4. The van der Waals surface area contributed by atoms with Crippen molar-refractivity contribution < 1.29 is 13.5 Å². The van der Waals surface area contributed by atoms with Gasteiger partial charge < -0.3 is 34.5 Å². The van der Waals surface area contributed by atoms with E-state index in [9.17, 15) is 8.78 Å².